The lowest BCUT2D eigenvalue weighted by molar-refractivity contribution is -0.137. The lowest BCUT2D eigenvalue weighted by atomic mass is 9.73. The predicted molar refractivity (Wildman–Crippen MR) is 408 cm³/mol. The van der Waals surface area contributed by atoms with Gasteiger partial charge in [-0.3, -0.25) is 48.3 Å². The van der Waals surface area contributed by atoms with E-state index in [1.54, 1.807) is 30.7 Å². The number of aromatic amines is 2. The molecule has 10 rings (SSSR count). The van der Waals surface area contributed by atoms with Crippen molar-refractivity contribution >= 4 is 86.4 Å². The zero-order valence-corrected chi connectivity index (χ0v) is 60.9. The third kappa shape index (κ3) is 21.8. The number of piperidine rings is 1. The summed E-state index contributed by atoms with van der Waals surface area (Å²) >= 11 is 1.90. The Balaban J connectivity index is 0.956. The summed E-state index contributed by atoms with van der Waals surface area (Å²) in [6.45, 7) is 3.06. The van der Waals surface area contributed by atoms with Crippen LogP contribution in [0.1, 0.15) is 136 Å². The predicted octanol–water partition coefficient (Wildman–Crippen LogP) is 7.63. The van der Waals surface area contributed by atoms with E-state index >= 15 is 24.0 Å². The maximum atomic E-state index is 15.5. The number of amides is 5. The minimum absolute atomic E-state index is 0.00786. The molecule has 2 fully saturated rings. The fourth-order valence-corrected chi connectivity index (χ4v) is 16.6. The van der Waals surface area contributed by atoms with E-state index in [0.29, 0.717) is 81.4 Å². The molecule has 0 spiro atoms. The summed E-state index contributed by atoms with van der Waals surface area (Å²) in [5, 5.41) is 28.7. The molecule has 5 amide bonds. The van der Waals surface area contributed by atoms with E-state index < -0.39 is 108 Å². The number of Topliss-reactive ketones (excluding diaryl/α,β-unsaturated/α-hetero) is 3. The molecule has 0 saturated carbocycles. The van der Waals surface area contributed by atoms with E-state index in [1.165, 1.54) is 29.0 Å². The molecule has 0 radical (unpaired) electrons. The maximum Gasteiger partial charge on any atom is 0.242 e. The van der Waals surface area contributed by atoms with Crippen molar-refractivity contribution in [3.05, 3.63) is 173 Å². The summed E-state index contributed by atoms with van der Waals surface area (Å²) in [6.07, 6.45) is 10.9. The van der Waals surface area contributed by atoms with Gasteiger partial charge in [-0.2, -0.15) is 11.8 Å². The molecule has 4 aromatic carbocycles. The minimum Gasteiger partial charge on any atom is -0.393 e. The van der Waals surface area contributed by atoms with Gasteiger partial charge in [-0.25, -0.2) is 0 Å². The number of likely N-dealkylation sites (N-methyl/N-ethyl adjacent to an activating group) is 1. The first-order chi connectivity index (χ1) is 50.4. The van der Waals surface area contributed by atoms with Crippen LogP contribution in [0, 0.1) is 29.6 Å². The number of aliphatic imine (C=N–C) groups is 1. The van der Waals surface area contributed by atoms with Gasteiger partial charge >= 0.3 is 0 Å². The molecule has 22 nitrogen and oxygen atoms in total. The molecule has 5 heterocycles. The fraction of sp³-hybridized carbons (Fsp3) is 0.481. The summed E-state index contributed by atoms with van der Waals surface area (Å²) in [7, 11) is 2.25. The van der Waals surface area contributed by atoms with Crippen LogP contribution in [-0.4, -0.2) is 159 Å². The number of hydrogen-bond donors (Lipinski definition) is 11. The number of para-hydroxylation sites is 1. The third-order valence-corrected chi connectivity index (χ3v) is 22.5. The number of fused-ring (bicyclic) bond motifs is 3. The van der Waals surface area contributed by atoms with Crippen molar-refractivity contribution in [1.29, 1.82) is 0 Å². The second-order valence-corrected chi connectivity index (χ2v) is 30.1. The van der Waals surface area contributed by atoms with Gasteiger partial charge in [0.1, 0.15) is 6.04 Å². The van der Waals surface area contributed by atoms with Gasteiger partial charge in [-0.1, -0.05) is 97.4 Å². The van der Waals surface area contributed by atoms with Crippen molar-refractivity contribution in [1.82, 2.24) is 46.4 Å². The van der Waals surface area contributed by atoms with Gasteiger partial charge in [0.2, 0.25) is 29.5 Å². The molecular weight excluding hydrogens is 1330 g/mol. The van der Waals surface area contributed by atoms with Crippen molar-refractivity contribution < 1.29 is 43.5 Å². The Morgan fingerprint density at radius 1 is 0.606 bits per heavy atom. The van der Waals surface area contributed by atoms with Crippen LogP contribution in [0.25, 0.3) is 21.8 Å². The number of hydrogen-bond acceptors (Lipinski definition) is 14. The highest BCUT2D eigenvalue weighted by Gasteiger charge is 2.41. The van der Waals surface area contributed by atoms with E-state index in [2.05, 4.69) is 82.9 Å². The highest BCUT2D eigenvalue weighted by molar-refractivity contribution is 7.99. The number of ketones is 3. The van der Waals surface area contributed by atoms with Crippen LogP contribution in [0.3, 0.4) is 0 Å². The number of pyridine rings is 1. The summed E-state index contributed by atoms with van der Waals surface area (Å²) in [6, 6.07) is 31.9. The topological polar surface area (TPSA) is 355 Å². The molecule has 0 unspecified atom stereocenters. The summed E-state index contributed by atoms with van der Waals surface area (Å²) in [4.78, 5) is 138. The smallest absolute Gasteiger partial charge is 0.242 e. The van der Waals surface area contributed by atoms with Crippen molar-refractivity contribution in [3.63, 3.8) is 0 Å². The van der Waals surface area contributed by atoms with Crippen LogP contribution >= 0.6 is 11.8 Å². The van der Waals surface area contributed by atoms with Gasteiger partial charge in [0, 0.05) is 122 Å². The first kappa shape index (κ1) is 77.6. The second kappa shape index (κ2) is 38.6. The lowest BCUT2D eigenvalue weighted by Gasteiger charge is -2.45. The average molecular weight is 1440 g/mol. The number of rotatable bonds is 23. The van der Waals surface area contributed by atoms with Gasteiger partial charge in [0.15, 0.2) is 23.3 Å². The first-order valence-electron chi connectivity index (χ1n) is 37.3. The van der Waals surface area contributed by atoms with E-state index in [4.69, 9.17) is 17.2 Å². The van der Waals surface area contributed by atoms with Gasteiger partial charge in [0.05, 0.1) is 30.1 Å². The average Bonchev–Trinajstić information content (AvgIpc) is 1.47. The Hall–Kier alpha value is -9.03. The van der Waals surface area contributed by atoms with E-state index in [9.17, 15) is 19.5 Å². The number of carbonyl (C=O) groups is 8. The number of nitrogens with two attached hydrogens (primary N) is 3. The Morgan fingerprint density at radius 2 is 1.21 bits per heavy atom. The number of nitrogens with zero attached hydrogens (tertiary/aromatic N) is 3. The molecule has 23 heteroatoms. The zero-order chi connectivity index (χ0) is 73.5. The number of H-pyrrole nitrogens is 2. The van der Waals surface area contributed by atoms with Gasteiger partial charge in [-0.05, 0) is 185 Å². The van der Waals surface area contributed by atoms with Gasteiger partial charge in [0.25, 0.3) is 0 Å². The summed E-state index contributed by atoms with van der Waals surface area (Å²) in [5.41, 5.74) is 25.2. The van der Waals surface area contributed by atoms with Crippen molar-refractivity contribution in [2.75, 3.05) is 44.7 Å². The number of aromatic nitrogens is 3. The molecule has 3 aliphatic rings. The first-order valence-corrected chi connectivity index (χ1v) is 38.4. The Bertz CT molecular complexity index is 4030. The molecule has 2 aliphatic heterocycles. The molecule has 3 aromatic heterocycles. The molecule has 7 aromatic rings. The second-order valence-electron chi connectivity index (χ2n) is 28.9. The number of likely N-dealkylation sites (tertiary alicyclic amines) is 1. The number of guanidine groups is 1. The molecule has 0 bridgehead atoms. The molecule has 554 valence electrons. The fourth-order valence-electron chi connectivity index (χ4n) is 15.5. The Morgan fingerprint density at radius 3 is 1.92 bits per heavy atom. The highest BCUT2D eigenvalue weighted by atomic mass is 32.2. The Kier molecular flexibility index (Phi) is 28.8. The number of thioether (sulfide) groups is 1. The zero-order valence-electron chi connectivity index (χ0n) is 60.1. The van der Waals surface area contributed by atoms with E-state index in [0.717, 1.165) is 58.5 Å². The molecular formula is C81H105N13O9S. The minimum atomic E-state index is -1.37. The van der Waals surface area contributed by atoms with Crippen molar-refractivity contribution in [2.24, 2.45) is 51.8 Å². The normalized spacial score (nSPS) is 24.4. The van der Waals surface area contributed by atoms with Gasteiger partial charge in [-0.15, -0.1) is 0 Å². The lowest BCUT2D eigenvalue weighted by Crippen LogP contribution is -2.52. The molecule has 12 atom stereocenters. The van der Waals surface area contributed by atoms with E-state index in [-0.39, 0.29) is 69.9 Å². The quantitative estimate of drug-likeness (QED) is 0.0167. The van der Waals surface area contributed by atoms with Crippen LogP contribution in [0.4, 0.5) is 0 Å². The van der Waals surface area contributed by atoms with Crippen LogP contribution in [0.2, 0.25) is 0 Å². The van der Waals surface area contributed by atoms with Gasteiger partial charge < -0.3 is 63.8 Å². The number of aliphatic hydroxyl groups is 1. The summed E-state index contributed by atoms with van der Waals surface area (Å²) in [5.74, 6) is -5.75. The third-order valence-electron chi connectivity index (χ3n) is 21.2. The SMILES string of the molecule is C[C@@H](O)[C@@H]1CC(=O)[C@H](CCCCN)NC(=O)[C@@H](Cc2c[nH]c3ccccc23)CC(=O)[C@H](Cc2ccncc2)NC(=O)[C@H](Cc2ccccc2)CC(=O)[C@H](CCCN=C(N)N)NC(=O)[C@H](CCCSC[C@@H]2C[C@@H]3c4cccc5[nH]cc(c45)C[C@H]3N(C)C2)CCCCNC(=O)[C@H](Cc2ccccc2)NC1=O. The van der Waals surface area contributed by atoms with Crippen LogP contribution in [0.5, 0.6) is 0 Å². The highest BCUT2D eigenvalue weighted by Crippen LogP contribution is 2.45. The molecule has 104 heavy (non-hydrogen) atoms. The molecule has 2 saturated heterocycles. The van der Waals surface area contributed by atoms with Crippen molar-refractivity contribution in [3.8, 4) is 0 Å². The van der Waals surface area contributed by atoms with E-state index in [1.807, 2.05) is 96.7 Å². The summed E-state index contributed by atoms with van der Waals surface area (Å²) < 4.78 is 0. The monoisotopic (exact) mass is 1440 g/mol. The van der Waals surface area contributed by atoms with Crippen molar-refractivity contribution in [2.45, 2.75) is 171 Å². The largest absolute Gasteiger partial charge is 0.393 e. The number of nitrogens with one attached hydrogen (secondary N) is 7. The molecule has 1 aliphatic carbocycles. The number of benzene rings is 4. The van der Waals surface area contributed by atoms with Crippen LogP contribution in [0.15, 0.2) is 145 Å². The maximum absolute atomic E-state index is 15.5. The van der Waals surface area contributed by atoms with Crippen LogP contribution in [-0.2, 0) is 70.5 Å². The number of carbonyl (C=O) groups excluding carboxylic acids is 8. The standard InChI is InChI=1S/C81H105N13O9S/c1-51(95)63-46-74(98)66(27-11-13-32-82)91-78(101)58(42-59-47-88-65-26-10-9-24-61(59)65)45-73(97)69(40-54-30-35-85-36-31-54)92-77(100)57(38-52-18-5-3-6-19-52)44-72(96)67(29-16-34-87-81(83)84)90-76(99)56(22-12-14-33-86-80(103)70(93-79(63)102)41-53-20-7-4-8-21-53)23-17-37-104-50-55-39-64-62-25-15-28-68-75(62)60(48-89-68)43-71(64)94(2)49-55/h3-10,15,18-21,24-26,28,30-31,35-36,47-48,51,55-58,63-64,66-67,69-71,88-89,95H,11-14,16-17,22-23,27,29,32-34,37-46,49-50,82H2,1-2H3,(H,86,103)(H,90,99)(H,91,101)(H,92,100)(H,93,102)(H4,83,84,87)/t51-,55-,56+,57-,58+,63+,64-,66+,67+,69+,70+,71-/m1/s1. The number of aliphatic hydroxyl groups excluding tert-OH is 1. The number of unbranched alkanes of at least 4 members (excludes halogenated alkanes) is 1. The van der Waals surface area contributed by atoms with Crippen LogP contribution < -0.4 is 43.8 Å². The Labute approximate surface area is 614 Å². The molecule has 14 N–H and O–H groups in total.